The van der Waals surface area contributed by atoms with Crippen LogP contribution in [0.5, 0.6) is 0 Å². The topological polar surface area (TPSA) is 26.0 Å². The molecule has 0 aromatic heterocycles. The van der Waals surface area contributed by atoms with Gasteiger partial charge in [0.05, 0.1) is 5.56 Å². The van der Waals surface area contributed by atoms with Gasteiger partial charge in [-0.1, -0.05) is 25.1 Å². The zero-order valence-corrected chi connectivity index (χ0v) is 9.72. The molecule has 0 saturated heterocycles. The molecule has 1 fully saturated rings. The Bertz CT molecular complexity index is 413. The van der Waals surface area contributed by atoms with E-state index in [4.69, 9.17) is 5.73 Å². The van der Waals surface area contributed by atoms with Gasteiger partial charge in [-0.05, 0) is 36.9 Å². The van der Waals surface area contributed by atoms with E-state index in [1.54, 1.807) is 12.1 Å². The molecule has 2 N–H and O–H groups in total. The van der Waals surface area contributed by atoms with Crippen LogP contribution < -0.4 is 5.73 Å². The molecule has 17 heavy (non-hydrogen) atoms. The summed E-state index contributed by atoms with van der Waals surface area (Å²) < 4.78 is 38.8. The lowest BCUT2D eigenvalue weighted by Gasteiger charge is -2.21. The van der Waals surface area contributed by atoms with Crippen LogP contribution in [0.1, 0.15) is 30.9 Å². The van der Waals surface area contributed by atoms with E-state index in [1.807, 2.05) is 6.92 Å². The Hall–Kier alpha value is -1.03. The molecule has 0 spiro atoms. The maximum Gasteiger partial charge on any atom is 0.416 e. The van der Waals surface area contributed by atoms with Gasteiger partial charge in [0.1, 0.15) is 0 Å². The molecule has 1 aromatic carbocycles. The van der Waals surface area contributed by atoms with Crippen molar-refractivity contribution >= 4 is 0 Å². The van der Waals surface area contributed by atoms with Crippen molar-refractivity contribution < 1.29 is 13.2 Å². The van der Waals surface area contributed by atoms with Crippen molar-refractivity contribution in [1.29, 1.82) is 0 Å². The van der Waals surface area contributed by atoms with Gasteiger partial charge in [-0.3, -0.25) is 0 Å². The van der Waals surface area contributed by atoms with Crippen molar-refractivity contribution in [3.8, 4) is 0 Å². The van der Waals surface area contributed by atoms with Gasteiger partial charge in [0, 0.05) is 5.41 Å². The molecule has 94 valence electrons. The highest BCUT2D eigenvalue weighted by Crippen LogP contribution is 2.58. The second-order valence-corrected chi connectivity index (χ2v) is 4.69. The van der Waals surface area contributed by atoms with Crippen LogP contribution in [-0.2, 0) is 11.6 Å². The lowest BCUT2D eigenvalue weighted by atomic mass is 9.86. The van der Waals surface area contributed by atoms with Crippen molar-refractivity contribution in [2.45, 2.75) is 31.4 Å². The van der Waals surface area contributed by atoms with Gasteiger partial charge < -0.3 is 5.73 Å². The van der Waals surface area contributed by atoms with E-state index in [0.29, 0.717) is 18.5 Å². The first-order chi connectivity index (χ1) is 7.95. The highest BCUT2D eigenvalue weighted by Gasteiger charge is 2.55. The SMILES string of the molecule is CCC1(c2ccccc2C(F)(F)F)C[C@H]1CN. The largest absolute Gasteiger partial charge is 0.416 e. The van der Waals surface area contributed by atoms with Gasteiger partial charge in [0.15, 0.2) is 0 Å². The summed E-state index contributed by atoms with van der Waals surface area (Å²) in [5.41, 5.74) is 5.17. The smallest absolute Gasteiger partial charge is 0.330 e. The van der Waals surface area contributed by atoms with Crippen LogP contribution in [0.25, 0.3) is 0 Å². The summed E-state index contributed by atoms with van der Waals surface area (Å²) in [6, 6.07) is 5.88. The summed E-state index contributed by atoms with van der Waals surface area (Å²) in [6.07, 6.45) is -2.80. The second kappa shape index (κ2) is 4.02. The monoisotopic (exact) mass is 243 g/mol. The minimum absolute atomic E-state index is 0.191. The molecule has 2 rings (SSSR count). The van der Waals surface area contributed by atoms with E-state index in [9.17, 15) is 13.2 Å². The third-order valence-electron chi connectivity index (χ3n) is 3.92. The van der Waals surface area contributed by atoms with Crippen molar-refractivity contribution in [1.82, 2.24) is 0 Å². The third-order valence-corrected chi connectivity index (χ3v) is 3.92. The molecule has 0 heterocycles. The quantitative estimate of drug-likeness (QED) is 0.865. The van der Waals surface area contributed by atoms with Crippen LogP contribution in [0.3, 0.4) is 0 Å². The van der Waals surface area contributed by atoms with Crippen molar-refractivity contribution in [2.75, 3.05) is 6.54 Å². The molecule has 1 saturated carbocycles. The van der Waals surface area contributed by atoms with Crippen LogP contribution in [-0.4, -0.2) is 6.54 Å². The number of halogens is 3. The fourth-order valence-corrected chi connectivity index (χ4v) is 2.81. The number of benzene rings is 1. The predicted octanol–water partition coefficient (Wildman–Crippen LogP) is 3.33. The summed E-state index contributed by atoms with van der Waals surface area (Å²) in [6.45, 7) is 2.39. The van der Waals surface area contributed by atoms with Gasteiger partial charge >= 0.3 is 6.18 Å². The maximum absolute atomic E-state index is 12.9. The molecule has 0 bridgehead atoms. The van der Waals surface area contributed by atoms with Gasteiger partial charge in [0.25, 0.3) is 0 Å². The van der Waals surface area contributed by atoms with Crippen LogP contribution in [0.2, 0.25) is 0 Å². The molecular formula is C13H16F3N. The fourth-order valence-electron chi connectivity index (χ4n) is 2.81. The van der Waals surface area contributed by atoms with Gasteiger partial charge in [-0.2, -0.15) is 13.2 Å². The van der Waals surface area contributed by atoms with E-state index >= 15 is 0 Å². The molecule has 1 unspecified atom stereocenters. The normalized spacial score (nSPS) is 28.2. The number of hydrogen-bond donors (Lipinski definition) is 1. The molecule has 1 aromatic rings. The summed E-state index contributed by atoms with van der Waals surface area (Å²) in [7, 11) is 0. The Kier molecular flexibility index (Phi) is 2.94. The highest BCUT2D eigenvalue weighted by atomic mass is 19.4. The molecule has 4 heteroatoms. The van der Waals surface area contributed by atoms with Crippen LogP contribution in [0.15, 0.2) is 24.3 Å². The summed E-state index contributed by atoms with van der Waals surface area (Å²) in [5.74, 6) is 0.191. The molecule has 0 aliphatic heterocycles. The second-order valence-electron chi connectivity index (χ2n) is 4.69. The average Bonchev–Trinajstić information content (AvgIpc) is 3.03. The summed E-state index contributed by atoms with van der Waals surface area (Å²) in [5, 5.41) is 0. The standard InChI is InChI=1S/C13H16F3N/c1-2-12(7-9(12)8-17)10-5-3-4-6-11(10)13(14,15)16/h3-6,9H,2,7-8,17H2,1H3/t9-,12?/m0/s1. The Balaban J connectivity index is 2.46. The van der Waals surface area contributed by atoms with Crippen molar-refractivity contribution in [3.63, 3.8) is 0 Å². The van der Waals surface area contributed by atoms with E-state index in [1.165, 1.54) is 12.1 Å². The zero-order valence-electron chi connectivity index (χ0n) is 9.72. The lowest BCUT2D eigenvalue weighted by molar-refractivity contribution is -0.138. The Morgan fingerprint density at radius 2 is 2.00 bits per heavy atom. The highest BCUT2D eigenvalue weighted by molar-refractivity contribution is 5.41. The fraction of sp³-hybridized carbons (Fsp3) is 0.538. The molecule has 0 radical (unpaired) electrons. The van der Waals surface area contributed by atoms with E-state index in [2.05, 4.69) is 0 Å². The first-order valence-corrected chi connectivity index (χ1v) is 5.82. The Morgan fingerprint density at radius 3 is 2.47 bits per heavy atom. The van der Waals surface area contributed by atoms with Crippen LogP contribution in [0, 0.1) is 5.92 Å². The number of hydrogen-bond acceptors (Lipinski definition) is 1. The average molecular weight is 243 g/mol. The first-order valence-electron chi connectivity index (χ1n) is 5.82. The van der Waals surface area contributed by atoms with Gasteiger partial charge in [-0.25, -0.2) is 0 Å². The number of rotatable bonds is 3. The Labute approximate surface area is 98.8 Å². The molecule has 1 aliphatic rings. The number of nitrogens with two attached hydrogens (primary N) is 1. The molecule has 0 amide bonds. The first kappa shape index (κ1) is 12.4. The third kappa shape index (κ3) is 1.95. The minimum atomic E-state index is -4.28. The lowest BCUT2D eigenvalue weighted by Crippen LogP contribution is -2.20. The van der Waals surface area contributed by atoms with Crippen molar-refractivity contribution in [2.24, 2.45) is 11.7 Å². The molecule has 1 aliphatic carbocycles. The molecular weight excluding hydrogens is 227 g/mol. The predicted molar refractivity (Wildman–Crippen MR) is 60.6 cm³/mol. The Morgan fingerprint density at radius 1 is 1.35 bits per heavy atom. The van der Waals surface area contributed by atoms with Crippen LogP contribution in [0.4, 0.5) is 13.2 Å². The summed E-state index contributed by atoms with van der Waals surface area (Å²) in [4.78, 5) is 0. The van der Waals surface area contributed by atoms with Crippen molar-refractivity contribution in [3.05, 3.63) is 35.4 Å². The van der Waals surface area contributed by atoms with Gasteiger partial charge in [-0.15, -0.1) is 0 Å². The van der Waals surface area contributed by atoms with Crippen LogP contribution >= 0.6 is 0 Å². The minimum Gasteiger partial charge on any atom is -0.330 e. The molecule has 2 atom stereocenters. The number of alkyl halides is 3. The summed E-state index contributed by atoms with van der Waals surface area (Å²) >= 11 is 0. The van der Waals surface area contributed by atoms with Gasteiger partial charge in [0.2, 0.25) is 0 Å². The van der Waals surface area contributed by atoms with E-state index < -0.39 is 11.7 Å². The van der Waals surface area contributed by atoms with E-state index in [0.717, 1.165) is 6.42 Å². The maximum atomic E-state index is 12.9. The molecule has 1 nitrogen and oxygen atoms in total. The zero-order chi connectivity index (χ0) is 12.7. The van der Waals surface area contributed by atoms with E-state index in [-0.39, 0.29) is 11.3 Å².